The Morgan fingerprint density at radius 3 is 2.63 bits per heavy atom. The lowest BCUT2D eigenvalue weighted by atomic mass is 10.1. The molecule has 0 spiro atoms. The highest BCUT2D eigenvalue weighted by molar-refractivity contribution is 6.30. The summed E-state index contributed by atoms with van der Waals surface area (Å²) in [5.74, 6) is -0.989. The number of halogens is 1. The summed E-state index contributed by atoms with van der Waals surface area (Å²) in [6.45, 7) is 0.552. The Kier molecular flexibility index (Phi) is 4.43. The summed E-state index contributed by atoms with van der Waals surface area (Å²) >= 11 is 5.79. The van der Waals surface area contributed by atoms with Crippen LogP contribution in [0.2, 0.25) is 5.02 Å². The van der Waals surface area contributed by atoms with Gasteiger partial charge in [0.1, 0.15) is 6.04 Å². The first-order valence-corrected chi connectivity index (χ1v) is 6.72. The zero-order valence-electron chi connectivity index (χ0n) is 10.5. The number of hydrogen-bond donors (Lipinski definition) is 1. The van der Waals surface area contributed by atoms with Crippen LogP contribution in [0.15, 0.2) is 24.3 Å². The number of hydrogen-bond acceptors (Lipinski definition) is 2. The van der Waals surface area contributed by atoms with Crippen molar-refractivity contribution in [1.82, 2.24) is 4.90 Å². The van der Waals surface area contributed by atoms with Gasteiger partial charge in [-0.1, -0.05) is 23.7 Å². The highest BCUT2D eigenvalue weighted by atomic mass is 35.5. The monoisotopic (exact) mass is 281 g/mol. The predicted octanol–water partition coefficient (Wildman–Crippen LogP) is 2.35. The van der Waals surface area contributed by atoms with Crippen LogP contribution >= 0.6 is 11.6 Å². The molecule has 0 radical (unpaired) electrons. The average molecular weight is 282 g/mol. The van der Waals surface area contributed by atoms with Crippen LogP contribution in [0, 0.1) is 0 Å². The van der Waals surface area contributed by atoms with Crippen LogP contribution in [0.4, 0.5) is 0 Å². The molecule has 1 saturated heterocycles. The van der Waals surface area contributed by atoms with Gasteiger partial charge in [0.15, 0.2) is 0 Å². The fourth-order valence-electron chi connectivity index (χ4n) is 2.37. The van der Waals surface area contributed by atoms with Crippen LogP contribution < -0.4 is 0 Å². The van der Waals surface area contributed by atoms with E-state index < -0.39 is 12.0 Å². The number of benzene rings is 1. The lowest BCUT2D eigenvalue weighted by Gasteiger charge is -2.21. The second-order valence-electron chi connectivity index (χ2n) is 4.71. The van der Waals surface area contributed by atoms with Crippen molar-refractivity contribution in [1.29, 1.82) is 0 Å². The Morgan fingerprint density at radius 2 is 2.00 bits per heavy atom. The molecule has 5 heteroatoms. The van der Waals surface area contributed by atoms with Gasteiger partial charge < -0.3 is 10.0 Å². The van der Waals surface area contributed by atoms with Crippen molar-refractivity contribution >= 4 is 23.5 Å². The van der Waals surface area contributed by atoms with E-state index in [4.69, 9.17) is 16.7 Å². The van der Waals surface area contributed by atoms with Crippen molar-refractivity contribution in [3.8, 4) is 0 Å². The van der Waals surface area contributed by atoms with Gasteiger partial charge in [0.2, 0.25) is 5.91 Å². The number of carboxylic acids is 1. The minimum atomic E-state index is -0.905. The van der Waals surface area contributed by atoms with Gasteiger partial charge in [0.05, 0.1) is 0 Å². The van der Waals surface area contributed by atoms with Crippen LogP contribution in [-0.2, 0) is 16.0 Å². The smallest absolute Gasteiger partial charge is 0.326 e. The molecule has 2 rings (SSSR count). The van der Waals surface area contributed by atoms with Crippen molar-refractivity contribution < 1.29 is 14.7 Å². The Bertz CT molecular complexity index is 472. The number of carbonyl (C=O) groups is 2. The first-order chi connectivity index (χ1) is 9.08. The van der Waals surface area contributed by atoms with Gasteiger partial charge in [-0.25, -0.2) is 4.79 Å². The molecule has 1 amide bonds. The summed E-state index contributed by atoms with van der Waals surface area (Å²) in [6, 6.07) is 6.70. The van der Waals surface area contributed by atoms with Crippen molar-refractivity contribution in [2.75, 3.05) is 6.54 Å². The largest absolute Gasteiger partial charge is 0.480 e. The van der Waals surface area contributed by atoms with E-state index in [9.17, 15) is 9.59 Å². The number of rotatable bonds is 4. The van der Waals surface area contributed by atoms with E-state index in [1.807, 2.05) is 12.1 Å². The third-order valence-electron chi connectivity index (χ3n) is 3.40. The predicted molar refractivity (Wildman–Crippen MR) is 72.1 cm³/mol. The van der Waals surface area contributed by atoms with Crippen LogP contribution in [0.3, 0.4) is 0 Å². The molecular weight excluding hydrogens is 266 g/mol. The Balaban J connectivity index is 1.90. The van der Waals surface area contributed by atoms with Crippen molar-refractivity contribution in [2.24, 2.45) is 0 Å². The minimum absolute atomic E-state index is 0.0835. The standard InChI is InChI=1S/C14H16ClNO3/c15-11-6-3-10(4-7-11)5-8-13(17)16-9-1-2-12(16)14(18)19/h3-4,6-7,12H,1-2,5,8-9H2,(H,18,19)/t12-/m1/s1. The van der Waals surface area contributed by atoms with Crippen molar-refractivity contribution in [3.05, 3.63) is 34.9 Å². The molecule has 4 nitrogen and oxygen atoms in total. The molecule has 1 aromatic carbocycles. The lowest BCUT2D eigenvalue weighted by molar-refractivity contribution is -0.148. The van der Waals surface area contributed by atoms with Crippen LogP contribution in [0.25, 0.3) is 0 Å². The van der Waals surface area contributed by atoms with Gasteiger partial charge in [-0.2, -0.15) is 0 Å². The number of aliphatic carboxylic acids is 1. The Morgan fingerprint density at radius 1 is 1.32 bits per heavy atom. The summed E-state index contributed by atoms with van der Waals surface area (Å²) in [5.41, 5.74) is 1.03. The summed E-state index contributed by atoms with van der Waals surface area (Å²) in [6.07, 6.45) is 2.27. The first kappa shape index (κ1) is 13.9. The van der Waals surface area contributed by atoms with E-state index in [1.165, 1.54) is 4.90 Å². The zero-order valence-corrected chi connectivity index (χ0v) is 11.3. The van der Waals surface area contributed by atoms with E-state index in [2.05, 4.69) is 0 Å². The second-order valence-corrected chi connectivity index (χ2v) is 5.15. The number of aryl methyl sites for hydroxylation is 1. The van der Waals surface area contributed by atoms with Crippen LogP contribution in [0.1, 0.15) is 24.8 Å². The molecule has 0 aliphatic carbocycles. The second kappa shape index (κ2) is 6.06. The molecule has 19 heavy (non-hydrogen) atoms. The van der Waals surface area contributed by atoms with Gasteiger partial charge >= 0.3 is 5.97 Å². The number of carboxylic acid groups (broad SMARTS) is 1. The van der Waals surface area contributed by atoms with Gasteiger partial charge in [-0.05, 0) is 37.0 Å². The maximum absolute atomic E-state index is 12.0. The molecule has 102 valence electrons. The number of nitrogens with zero attached hydrogens (tertiary/aromatic N) is 1. The number of likely N-dealkylation sites (tertiary alicyclic amines) is 1. The fraction of sp³-hybridized carbons (Fsp3) is 0.429. The molecule has 1 fully saturated rings. The SMILES string of the molecule is O=C(O)[C@H]1CCCN1C(=O)CCc1ccc(Cl)cc1. The minimum Gasteiger partial charge on any atom is -0.480 e. The third-order valence-corrected chi connectivity index (χ3v) is 3.65. The third kappa shape index (κ3) is 3.47. The Hall–Kier alpha value is -1.55. The quantitative estimate of drug-likeness (QED) is 0.922. The van der Waals surface area contributed by atoms with E-state index in [0.717, 1.165) is 12.0 Å². The van der Waals surface area contributed by atoms with Gasteiger partial charge in [-0.15, -0.1) is 0 Å². The number of amides is 1. The molecule has 0 aromatic heterocycles. The van der Waals surface area contributed by atoms with E-state index in [-0.39, 0.29) is 5.91 Å². The van der Waals surface area contributed by atoms with Crippen LogP contribution in [0.5, 0.6) is 0 Å². The normalized spacial score (nSPS) is 18.6. The van der Waals surface area contributed by atoms with E-state index in [1.54, 1.807) is 12.1 Å². The summed E-state index contributed by atoms with van der Waals surface area (Å²) < 4.78 is 0. The lowest BCUT2D eigenvalue weighted by Crippen LogP contribution is -2.40. The highest BCUT2D eigenvalue weighted by Gasteiger charge is 2.33. The molecular formula is C14H16ClNO3. The average Bonchev–Trinajstić information content (AvgIpc) is 2.87. The maximum Gasteiger partial charge on any atom is 0.326 e. The van der Waals surface area contributed by atoms with Gasteiger partial charge in [0, 0.05) is 18.0 Å². The topological polar surface area (TPSA) is 57.6 Å². The van der Waals surface area contributed by atoms with Crippen molar-refractivity contribution in [3.63, 3.8) is 0 Å². The molecule has 0 bridgehead atoms. The number of carbonyl (C=O) groups excluding carboxylic acids is 1. The molecule has 1 aliphatic rings. The van der Waals surface area contributed by atoms with Crippen molar-refractivity contribution in [2.45, 2.75) is 31.7 Å². The van der Waals surface area contributed by atoms with Crippen LogP contribution in [-0.4, -0.2) is 34.5 Å². The molecule has 1 heterocycles. The fourth-order valence-corrected chi connectivity index (χ4v) is 2.49. The molecule has 1 N–H and O–H groups in total. The summed E-state index contributed by atoms with van der Waals surface area (Å²) in [4.78, 5) is 24.5. The van der Waals surface area contributed by atoms with Gasteiger partial charge in [0.25, 0.3) is 0 Å². The van der Waals surface area contributed by atoms with E-state index >= 15 is 0 Å². The van der Waals surface area contributed by atoms with E-state index in [0.29, 0.717) is 30.8 Å². The first-order valence-electron chi connectivity index (χ1n) is 6.34. The summed E-state index contributed by atoms with van der Waals surface area (Å²) in [7, 11) is 0. The Labute approximate surface area is 117 Å². The molecule has 1 aromatic rings. The highest BCUT2D eigenvalue weighted by Crippen LogP contribution is 2.19. The van der Waals surface area contributed by atoms with Gasteiger partial charge in [-0.3, -0.25) is 4.79 Å². The molecule has 0 saturated carbocycles. The molecule has 0 unspecified atom stereocenters. The maximum atomic E-state index is 12.0. The molecule has 1 aliphatic heterocycles. The zero-order chi connectivity index (χ0) is 13.8. The molecule has 1 atom stereocenters. The summed E-state index contributed by atoms with van der Waals surface area (Å²) in [5, 5.41) is 9.71.